The third-order valence-corrected chi connectivity index (χ3v) is 4.91. The van der Waals surface area contributed by atoms with Crippen molar-refractivity contribution in [1.82, 2.24) is 20.6 Å². The second kappa shape index (κ2) is 12.2. The minimum absolute atomic E-state index is 0.0364. The number of carboxylic acids is 2. The molecule has 1 atom stereocenters. The van der Waals surface area contributed by atoms with Gasteiger partial charge in [-0.15, -0.1) is 11.3 Å². The highest BCUT2D eigenvalue weighted by Gasteiger charge is 2.38. The van der Waals surface area contributed by atoms with Crippen molar-refractivity contribution in [2.24, 2.45) is 0 Å². The molecule has 16 heteroatoms. The molecule has 3 heterocycles. The number of nitrogens with zero attached hydrogens (tertiary/aromatic N) is 1. The largest absolute Gasteiger partial charge is 0.490 e. The molecule has 1 unspecified atom stereocenters. The van der Waals surface area contributed by atoms with Crippen molar-refractivity contribution in [2.75, 3.05) is 6.54 Å². The van der Waals surface area contributed by atoms with Crippen molar-refractivity contribution in [3.05, 3.63) is 40.1 Å². The van der Waals surface area contributed by atoms with Gasteiger partial charge in [-0.2, -0.15) is 26.3 Å². The minimum atomic E-state index is -5.08. The molecule has 33 heavy (non-hydrogen) atoms. The van der Waals surface area contributed by atoms with E-state index < -0.39 is 24.3 Å². The molecule has 1 amide bonds. The lowest BCUT2D eigenvalue weighted by molar-refractivity contribution is -0.193. The molecule has 9 nitrogen and oxygen atoms in total. The number of alkyl halides is 6. The van der Waals surface area contributed by atoms with E-state index >= 15 is 0 Å². The average Bonchev–Trinajstić information content (AvgIpc) is 3.48. The van der Waals surface area contributed by atoms with Crippen molar-refractivity contribution in [3.63, 3.8) is 0 Å². The van der Waals surface area contributed by atoms with Crippen LogP contribution in [0.5, 0.6) is 0 Å². The van der Waals surface area contributed by atoms with Crippen LogP contribution in [0.25, 0.3) is 0 Å². The first-order valence-corrected chi connectivity index (χ1v) is 9.73. The van der Waals surface area contributed by atoms with Gasteiger partial charge in [0.2, 0.25) is 0 Å². The minimum Gasteiger partial charge on any atom is -0.475 e. The van der Waals surface area contributed by atoms with E-state index in [9.17, 15) is 31.1 Å². The smallest absolute Gasteiger partial charge is 0.475 e. The van der Waals surface area contributed by atoms with Crippen molar-refractivity contribution in [2.45, 2.75) is 37.8 Å². The number of thiophene rings is 1. The van der Waals surface area contributed by atoms with Crippen LogP contribution >= 0.6 is 11.3 Å². The number of rotatable bonds is 4. The van der Waals surface area contributed by atoms with Crippen LogP contribution in [0.4, 0.5) is 26.3 Å². The number of carbonyl (C=O) groups excluding carboxylic acids is 1. The van der Waals surface area contributed by atoms with Gasteiger partial charge in [-0.25, -0.2) is 14.6 Å². The fourth-order valence-electron chi connectivity index (χ4n) is 2.24. The Balaban J connectivity index is 0.000000324. The van der Waals surface area contributed by atoms with Gasteiger partial charge in [0.05, 0.1) is 11.4 Å². The molecule has 184 valence electrons. The number of carbonyl (C=O) groups is 3. The zero-order chi connectivity index (χ0) is 25.2. The van der Waals surface area contributed by atoms with Crippen LogP contribution < -0.4 is 10.6 Å². The quantitative estimate of drug-likeness (QED) is 0.403. The number of aromatic amines is 1. The molecule has 2 aromatic rings. The predicted molar refractivity (Wildman–Crippen MR) is 101 cm³/mol. The fourth-order valence-corrected chi connectivity index (χ4v) is 3.27. The molecule has 5 N–H and O–H groups in total. The first kappa shape index (κ1) is 27.9. The molecule has 0 aromatic carbocycles. The van der Waals surface area contributed by atoms with Gasteiger partial charge in [-0.1, -0.05) is 0 Å². The first-order valence-electron chi connectivity index (χ1n) is 8.91. The maximum Gasteiger partial charge on any atom is 0.490 e. The standard InChI is InChI=1S/C13H16N4OS.2C2HF3O2/c18-13(17-8-12-15-6-7-16-12)11-4-3-10(19-11)9-2-1-5-14-9;2*3-2(4,5)1(6)7/h3-4,6-7,9,14H,1-2,5,8H2,(H,15,16)(H,17,18);2*(H,6,7). The number of halogens is 6. The third-order valence-electron chi connectivity index (χ3n) is 3.71. The highest BCUT2D eigenvalue weighted by atomic mass is 32.1. The molecule has 0 aliphatic carbocycles. The summed E-state index contributed by atoms with van der Waals surface area (Å²) in [5, 5.41) is 20.6. The molecule has 0 spiro atoms. The van der Waals surface area contributed by atoms with Gasteiger partial charge in [-0.05, 0) is 31.5 Å². The number of imidazole rings is 1. The Labute approximate surface area is 185 Å². The molecule has 1 fully saturated rings. The van der Waals surface area contributed by atoms with Gasteiger partial charge in [0.1, 0.15) is 5.82 Å². The van der Waals surface area contributed by atoms with E-state index in [1.165, 1.54) is 11.3 Å². The SMILES string of the molecule is O=C(NCc1ncc[nH]1)c1ccc(C2CCCN2)s1.O=C(O)C(F)(F)F.O=C(O)C(F)(F)F. The second-order valence-electron chi connectivity index (χ2n) is 6.18. The lowest BCUT2D eigenvalue weighted by Crippen LogP contribution is -2.22. The number of aliphatic carboxylic acids is 2. The molecular weight excluding hydrogens is 486 g/mol. The van der Waals surface area contributed by atoms with Crippen LogP contribution in [0.15, 0.2) is 24.5 Å². The summed E-state index contributed by atoms with van der Waals surface area (Å²) in [6, 6.07) is 4.38. The summed E-state index contributed by atoms with van der Waals surface area (Å²) in [7, 11) is 0. The highest BCUT2D eigenvalue weighted by molar-refractivity contribution is 7.14. The molecule has 1 aliphatic rings. The number of hydrogen-bond acceptors (Lipinski definition) is 6. The molecule has 0 bridgehead atoms. The molecule has 0 radical (unpaired) electrons. The van der Waals surface area contributed by atoms with Crippen LogP contribution in [0.3, 0.4) is 0 Å². The van der Waals surface area contributed by atoms with E-state index in [4.69, 9.17) is 19.8 Å². The maximum atomic E-state index is 12.0. The van der Waals surface area contributed by atoms with Crippen molar-refractivity contribution >= 4 is 29.2 Å². The van der Waals surface area contributed by atoms with Crippen LogP contribution in [-0.2, 0) is 16.1 Å². The summed E-state index contributed by atoms with van der Waals surface area (Å²) in [6.07, 6.45) is -4.37. The average molecular weight is 504 g/mol. The molecule has 2 aromatic heterocycles. The Kier molecular flexibility index (Phi) is 10.3. The highest BCUT2D eigenvalue weighted by Crippen LogP contribution is 2.29. The number of nitrogens with one attached hydrogen (secondary N) is 3. The topological polar surface area (TPSA) is 144 Å². The Morgan fingerprint density at radius 3 is 2.09 bits per heavy atom. The van der Waals surface area contributed by atoms with Crippen molar-refractivity contribution in [1.29, 1.82) is 0 Å². The van der Waals surface area contributed by atoms with Crippen LogP contribution in [-0.4, -0.2) is 56.9 Å². The summed E-state index contributed by atoms with van der Waals surface area (Å²) in [4.78, 5) is 38.8. The molecule has 0 saturated carbocycles. The molecule has 1 saturated heterocycles. The Hall–Kier alpha value is -3.14. The Morgan fingerprint density at radius 1 is 1.09 bits per heavy atom. The summed E-state index contributed by atoms with van der Waals surface area (Å²) < 4.78 is 63.5. The van der Waals surface area contributed by atoms with Crippen LogP contribution in [0.1, 0.15) is 39.3 Å². The number of aromatic nitrogens is 2. The van der Waals surface area contributed by atoms with Gasteiger partial charge >= 0.3 is 24.3 Å². The van der Waals surface area contributed by atoms with Gasteiger partial charge in [0.15, 0.2) is 0 Å². The van der Waals surface area contributed by atoms with Crippen LogP contribution in [0.2, 0.25) is 0 Å². The zero-order valence-corrected chi connectivity index (χ0v) is 17.3. The number of amides is 1. The summed E-state index contributed by atoms with van der Waals surface area (Å²) in [6.45, 7) is 1.50. The van der Waals surface area contributed by atoms with Crippen molar-refractivity contribution in [3.8, 4) is 0 Å². The number of carboxylic acid groups (broad SMARTS) is 2. The van der Waals surface area contributed by atoms with Crippen molar-refractivity contribution < 1.29 is 50.9 Å². The second-order valence-corrected chi connectivity index (χ2v) is 7.29. The monoisotopic (exact) mass is 504 g/mol. The first-order chi connectivity index (χ1) is 15.2. The Morgan fingerprint density at radius 2 is 1.67 bits per heavy atom. The summed E-state index contributed by atoms with van der Waals surface area (Å²) in [5.41, 5.74) is 0. The lowest BCUT2D eigenvalue weighted by atomic mass is 10.2. The molecule has 1 aliphatic heterocycles. The number of H-pyrrole nitrogens is 1. The van der Waals surface area contributed by atoms with E-state index in [1.807, 2.05) is 6.07 Å². The van der Waals surface area contributed by atoms with Gasteiger partial charge in [-0.3, -0.25) is 4.79 Å². The molecule has 3 rings (SSSR count). The van der Waals surface area contributed by atoms with E-state index in [2.05, 4.69) is 26.7 Å². The van der Waals surface area contributed by atoms with Gasteiger partial charge < -0.3 is 25.8 Å². The normalized spacial score (nSPS) is 15.5. The lowest BCUT2D eigenvalue weighted by Gasteiger charge is -2.06. The van der Waals surface area contributed by atoms with E-state index in [1.54, 1.807) is 23.7 Å². The van der Waals surface area contributed by atoms with E-state index in [0.717, 1.165) is 23.7 Å². The maximum absolute atomic E-state index is 12.0. The predicted octanol–water partition coefficient (Wildman–Crippen LogP) is 3.09. The summed E-state index contributed by atoms with van der Waals surface area (Å²) in [5.74, 6) is -4.78. The van der Waals surface area contributed by atoms with Gasteiger partial charge in [0.25, 0.3) is 5.91 Å². The molecular formula is C17H18F6N4O5S. The summed E-state index contributed by atoms with van der Waals surface area (Å²) >= 11 is 1.57. The Bertz CT molecular complexity index is 884. The van der Waals surface area contributed by atoms with E-state index in [-0.39, 0.29) is 5.91 Å². The number of hydrogen-bond donors (Lipinski definition) is 5. The van der Waals surface area contributed by atoms with Crippen LogP contribution in [0, 0.1) is 0 Å². The zero-order valence-electron chi connectivity index (χ0n) is 16.5. The third kappa shape index (κ3) is 10.3. The van der Waals surface area contributed by atoms with Gasteiger partial charge in [0, 0.05) is 23.3 Å². The van der Waals surface area contributed by atoms with E-state index in [0.29, 0.717) is 12.6 Å². The fraction of sp³-hybridized carbons (Fsp3) is 0.412.